The van der Waals surface area contributed by atoms with Gasteiger partial charge in [-0.15, -0.1) is 0 Å². The minimum atomic E-state index is -0.686. The lowest BCUT2D eigenvalue weighted by atomic mass is 10.1. The molecule has 5 heteroatoms. The van der Waals surface area contributed by atoms with Gasteiger partial charge < -0.3 is 10.5 Å². The van der Waals surface area contributed by atoms with E-state index in [-0.39, 0.29) is 12.2 Å². The molecule has 0 heterocycles. The molecule has 0 aromatic heterocycles. The molecule has 0 aliphatic rings. The Morgan fingerprint density at radius 2 is 1.95 bits per heavy atom. The second-order valence-electron chi connectivity index (χ2n) is 4.49. The Bertz CT molecular complexity index is 619. The standard InChI is InChI=1S/C15H14ClF2NO/c1-9-2-3-10(16)6-15(9)20-8-14(19)12-5-4-11(17)7-13(12)18/h2-7,14H,8,19H2,1H3. The van der Waals surface area contributed by atoms with Gasteiger partial charge in [0.05, 0.1) is 6.04 Å². The van der Waals surface area contributed by atoms with Gasteiger partial charge in [-0.05, 0) is 30.7 Å². The van der Waals surface area contributed by atoms with Crippen LogP contribution in [0.2, 0.25) is 5.02 Å². The van der Waals surface area contributed by atoms with Gasteiger partial charge in [0.15, 0.2) is 0 Å². The molecule has 0 amide bonds. The number of halogens is 3. The van der Waals surface area contributed by atoms with Gasteiger partial charge in [-0.3, -0.25) is 0 Å². The van der Waals surface area contributed by atoms with Gasteiger partial charge in [-0.2, -0.15) is 0 Å². The van der Waals surface area contributed by atoms with Gasteiger partial charge in [-0.1, -0.05) is 23.7 Å². The average molecular weight is 298 g/mol. The Hall–Kier alpha value is -1.65. The van der Waals surface area contributed by atoms with Crippen molar-refractivity contribution in [3.63, 3.8) is 0 Å². The summed E-state index contributed by atoms with van der Waals surface area (Å²) in [5.74, 6) is -0.718. The first-order valence-electron chi connectivity index (χ1n) is 6.07. The molecule has 2 aromatic carbocycles. The van der Waals surface area contributed by atoms with Gasteiger partial charge in [0.2, 0.25) is 0 Å². The highest BCUT2D eigenvalue weighted by atomic mass is 35.5. The van der Waals surface area contributed by atoms with Gasteiger partial charge in [0.25, 0.3) is 0 Å². The predicted molar refractivity (Wildman–Crippen MR) is 75.0 cm³/mol. The highest BCUT2D eigenvalue weighted by molar-refractivity contribution is 6.30. The zero-order valence-electron chi connectivity index (χ0n) is 10.9. The fraction of sp³-hybridized carbons (Fsp3) is 0.200. The lowest BCUT2D eigenvalue weighted by Crippen LogP contribution is -2.20. The summed E-state index contributed by atoms with van der Waals surface area (Å²) in [5.41, 5.74) is 6.98. The number of rotatable bonds is 4. The second kappa shape index (κ2) is 6.20. The molecule has 2 nitrogen and oxygen atoms in total. The van der Waals surface area contributed by atoms with E-state index in [1.54, 1.807) is 12.1 Å². The van der Waals surface area contributed by atoms with Crippen LogP contribution in [0.4, 0.5) is 8.78 Å². The smallest absolute Gasteiger partial charge is 0.131 e. The highest BCUT2D eigenvalue weighted by Crippen LogP contribution is 2.24. The van der Waals surface area contributed by atoms with Crippen molar-refractivity contribution in [1.29, 1.82) is 0 Å². The molecule has 2 aromatic rings. The Kier molecular flexibility index (Phi) is 4.57. The minimum absolute atomic E-state index is 0.0731. The number of aryl methyl sites for hydroxylation is 1. The quantitative estimate of drug-likeness (QED) is 0.925. The van der Waals surface area contributed by atoms with E-state index in [1.807, 2.05) is 13.0 Å². The number of nitrogens with two attached hydrogens (primary N) is 1. The molecule has 1 atom stereocenters. The van der Waals surface area contributed by atoms with Crippen LogP contribution < -0.4 is 10.5 Å². The highest BCUT2D eigenvalue weighted by Gasteiger charge is 2.13. The third kappa shape index (κ3) is 3.46. The maximum atomic E-state index is 13.6. The molecule has 0 spiro atoms. The summed E-state index contributed by atoms with van der Waals surface area (Å²) in [5, 5.41) is 0.548. The summed E-state index contributed by atoms with van der Waals surface area (Å²) < 4.78 is 32.0. The Balaban J connectivity index is 2.08. The molecule has 1 unspecified atom stereocenters. The van der Waals surface area contributed by atoms with Crippen molar-refractivity contribution in [2.45, 2.75) is 13.0 Å². The largest absolute Gasteiger partial charge is 0.491 e. The second-order valence-corrected chi connectivity index (χ2v) is 4.93. The van der Waals surface area contributed by atoms with Crippen LogP contribution in [0.1, 0.15) is 17.2 Å². The van der Waals surface area contributed by atoms with E-state index in [0.717, 1.165) is 11.6 Å². The van der Waals surface area contributed by atoms with Gasteiger partial charge in [0.1, 0.15) is 24.0 Å². The first-order chi connectivity index (χ1) is 9.47. The van der Waals surface area contributed by atoms with E-state index in [0.29, 0.717) is 10.8 Å². The topological polar surface area (TPSA) is 35.2 Å². The predicted octanol–water partition coefficient (Wildman–Crippen LogP) is 4.01. The van der Waals surface area contributed by atoms with Crippen molar-refractivity contribution in [3.8, 4) is 5.75 Å². The van der Waals surface area contributed by atoms with Gasteiger partial charge in [-0.25, -0.2) is 8.78 Å². The van der Waals surface area contributed by atoms with Gasteiger partial charge in [0, 0.05) is 16.7 Å². The molecule has 0 aliphatic carbocycles. The number of ether oxygens (including phenoxy) is 1. The van der Waals surface area contributed by atoms with E-state index in [2.05, 4.69) is 0 Å². The molecule has 20 heavy (non-hydrogen) atoms. The Labute approximate surface area is 121 Å². The van der Waals surface area contributed by atoms with Crippen molar-refractivity contribution in [2.75, 3.05) is 6.61 Å². The van der Waals surface area contributed by atoms with E-state index in [1.165, 1.54) is 12.1 Å². The molecule has 2 N–H and O–H groups in total. The lowest BCUT2D eigenvalue weighted by Gasteiger charge is -2.15. The molecule has 0 fully saturated rings. The zero-order chi connectivity index (χ0) is 14.7. The molecule has 0 radical (unpaired) electrons. The van der Waals surface area contributed by atoms with Crippen molar-refractivity contribution >= 4 is 11.6 Å². The summed E-state index contributed by atoms with van der Waals surface area (Å²) in [6.07, 6.45) is 0. The van der Waals surface area contributed by atoms with E-state index in [9.17, 15) is 8.78 Å². The van der Waals surface area contributed by atoms with Crippen LogP contribution in [-0.2, 0) is 0 Å². The van der Waals surface area contributed by atoms with Gasteiger partial charge >= 0.3 is 0 Å². The summed E-state index contributed by atoms with van der Waals surface area (Å²) in [6.45, 7) is 1.94. The summed E-state index contributed by atoms with van der Waals surface area (Å²) in [4.78, 5) is 0. The number of hydrogen-bond donors (Lipinski definition) is 1. The summed E-state index contributed by atoms with van der Waals surface area (Å²) in [6, 6.07) is 7.86. The maximum absolute atomic E-state index is 13.6. The van der Waals surface area contributed by atoms with Crippen LogP contribution in [0, 0.1) is 18.6 Å². The SMILES string of the molecule is Cc1ccc(Cl)cc1OCC(N)c1ccc(F)cc1F. The van der Waals surface area contributed by atoms with E-state index < -0.39 is 17.7 Å². The first kappa shape index (κ1) is 14.8. The Morgan fingerprint density at radius 1 is 1.20 bits per heavy atom. The molecule has 0 aliphatic heterocycles. The monoisotopic (exact) mass is 297 g/mol. The van der Waals surface area contributed by atoms with Crippen LogP contribution in [0.25, 0.3) is 0 Å². The minimum Gasteiger partial charge on any atom is -0.491 e. The third-order valence-corrected chi connectivity index (χ3v) is 3.17. The maximum Gasteiger partial charge on any atom is 0.131 e. The van der Waals surface area contributed by atoms with E-state index >= 15 is 0 Å². The van der Waals surface area contributed by atoms with Crippen molar-refractivity contribution < 1.29 is 13.5 Å². The zero-order valence-corrected chi connectivity index (χ0v) is 11.6. The Morgan fingerprint density at radius 3 is 2.65 bits per heavy atom. The molecule has 0 bridgehead atoms. The van der Waals surface area contributed by atoms with Crippen molar-refractivity contribution in [1.82, 2.24) is 0 Å². The lowest BCUT2D eigenvalue weighted by molar-refractivity contribution is 0.286. The number of benzene rings is 2. The molecular formula is C15H14ClF2NO. The molecule has 0 saturated heterocycles. The normalized spacial score (nSPS) is 12.2. The molecule has 106 valence electrons. The molecule has 2 rings (SSSR count). The van der Waals surface area contributed by atoms with Crippen LogP contribution >= 0.6 is 11.6 Å². The van der Waals surface area contributed by atoms with E-state index in [4.69, 9.17) is 22.1 Å². The fourth-order valence-electron chi connectivity index (χ4n) is 1.80. The number of hydrogen-bond acceptors (Lipinski definition) is 2. The summed E-state index contributed by atoms with van der Waals surface area (Å²) >= 11 is 5.88. The fourth-order valence-corrected chi connectivity index (χ4v) is 1.96. The first-order valence-corrected chi connectivity index (χ1v) is 6.44. The van der Waals surface area contributed by atoms with Crippen LogP contribution in [0.15, 0.2) is 36.4 Å². The molecule has 0 saturated carbocycles. The van der Waals surface area contributed by atoms with Crippen molar-refractivity contribution in [3.05, 3.63) is 64.2 Å². The molecular weight excluding hydrogens is 284 g/mol. The van der Waals surface area contributed by atoms with Crippen LogP contribution in [0.5, 0.6) is 5.75 Å². The van der Waals surface area contributed by atoms with Crippen LogP contribution in [0.3, 0.4) is 0 Å². The third-order valence-electron chi connectivity index (χ3n) is 2.93. The summed E-state index contributed by atoms with van der Waals surface area (Å²) in [7, 11) is 0. The van der Waals surface area contributed by atoms with Crippen molar-refractivity contribution in [2.24, 2.45) is 5.73 Å². The van der Waals surface area contributed by atoms with Crippen LogP contribution in [-0.4, -0.2) is 6.61 Å². The average Bonchev–Trinajstić information content (AvgIpc) is 2.39.